The van der Waals surface area contributed by atoms with Crippen LogP contribution < -0.4 is 0 Å². The molecule has 0 atom stereocenters. The first kappa shape index (κ1) is 16.9. The molecule has 0 aliphatic rings. The van der Waals surface area contributed by atoms with E-state index in [0.717, 1.165) is 11.1 Å². The Morgan fingerprint density at radius 3 is 1.44 bits per heavy atom. The second-order valence-electron chi connectivity index (χ2n) is 6.22. The molecule has 4 aromatic carbocycles. The Bertz CT molecular complexity index is 1120. The lowest BCUT2D eigenvalue weighted by atomic mass is 10.1. The maximum absolute atomic E-state index is 5.50. The smallest absolute Gasteiger partial charge is 0.109 e. The van der Waals surface area contributed by atoms with Crippen molar-refractivity contribution in [1.82, 2.24) is 0 Å². The second-order valence-corrected chi connectivity index (χ2v) is 6.22. The Hall–Kier alpha value is -3.52. The van der Waals surface area contributed by atoms with Crippen LogP contribution in [0.5, 0.6) is 0 Å². The first-order valence-corrected chi connectivity index (χ1v) is 8.92. The van der Waals surface area contributed by atoms with Crippen molar-refractivity contribution in [3.05, 3.63) is 96.1 Å². The minimum absolute atomic E-state index is 0.374. The normalized spacial score (nSPS) is 10.1. The predicted octanol–water partition coefficient (Wildman–Crippen LogP) is 5.41. The maximum Gasteiger partial charge on any atom is 0.109 e. The van der Waals surface area contributed by atoms with Gasteiger partial charge in [0.1, 0.15) is 13.2 Å². The second kappa shape index (κ2) is 8.24. The molecule has 0 aromatic heterocycles. The van der Waals surface area contributed by atoms with E-state index in [4.69, 9.17) is 4.74 Å². The van der Waals surface area contributed by atoms with Gasteiger partial charge in [0, 0.05) is 11.1 Å². The molecule has 0 bridgehead atoms. The van der Waals surface area contributed by atoms with E-state index in [-0.39, 0.29) is 0 Å². The van der Waals surface area contributed by atoms with E-state index in [9.17, 15) is 0 Å². The van der Waals surface area contributed by atoms with Crippen molar-refractivity contribution < 1.29 is 4.74 Å². The van der Waals surface area contributed by atoms with Crippen LogP contribution in [0, 0.1) is 23.7 Å². The van der Waals surface area contributed by atoms with Gasteiger partial charge in [0.25, 0.3) is 0 Å². The molecule has 4 aromatic rings. The molecule has 0 unspecified atom stereocenters. The number of fused-ring (bicyclic) bond motifs is 2. The zero-order valence-corrected chi connectivity index (χ0v) is 14.9. The lowest BCUT2D eigenvalue weighted by Crippen LogP contribution is -1.91. The molecule has 0 aliphatic carbocycles. The third-order valence-corrected chi connectivity index (χ3v) is 4.31. The molecule has 0 saturated carbocycles. The molecule has 0 aliphatic heterocycles. The van der Waals surface area contributed by atoms with Gasteiger partial charge in [-0.15, -0.1) is 0 Å². The first-order valence-electron chi connectivity index (χ1n) is 8.92. The van der Waals surface area contributed by atoms with Crippen molar-refractivity contribution in [1.29, 1.82) is 0 Å². The van der Waals surface area contributed by atoms with E-state index < -0.39 is 0 Å². The molecule has 0 amide bonds. The number of ether oxygens (including phenoxy) is 1. The Kier molecular flexibility index (Phi) is 5.16. The lowest BCUT2D eigenvalue weighted by Gasteiger charge is -1.97. The number of hydrogen-bond donors (Lipinski definition) is 0. The molecule has 0 spiro atoms. The largest absolute Gasteiger partial charge is 0.356 e. The van der Waals surface area contributed by atoms with E-state index in [1.165, 1.54) is 21.5 Å². The summed E-state index contributed by atoms with van der Waals surface area (Å²) in [6, 6.07) is 29.0. The summed E-state index contributed by atoms with van der Waals surface area (Å²) in [6.07, 6.45) is 0. The van der Waals surface area contributed by atoms with Crippen molar-refractivity contribution in [2.45, 2.75) is 0 Å². The molecule has 0 heterocycles. The molecular formula is C26H18O. The van der Waals surface area contributed by atoms with Gasteiger partial charge in [-0.1, -0.05) is 84.3 Å². The molecule has 0 radical (unpaired) electrons. The van der Waals surface area contributed by atoms with Crippen LogP contribution in [0.3, 0.4) is 0 Å². The Morgan fingerprint density at radius 1 is 0.519 bits per heavy atom. The first-order chi connectivity index (χ1) is 13.4. The average Bonchev–Trinajstić information content (AvgIpc) is 2.73. The maximum atomic E-state index is 5.50. The van der Waals surface area contributed by atoms with E-state index >= 15 is 0 Å². The topological polar surface area (TPSA) is 9.23 Å². The monoisotopic (exact) mass is 346 g/mol. The molecule has 4 rings (SSSR count). The summed E-state index contributed by atoms with van der Waals surface area (Å²) in [6.45, 7) is 0.748. The van der Waals surface area contributed by atoms with E-state index in [0.29, 0.717) is 13.2 Å². The van der Waals surface area contributed by atoms with Gasteiger partial charge in [-0.3, -0.25) is 0 Å². The van der Waals surface area contributed by atoms with Gasteiger partial charge in [0.05, 0.1) is 0 Å². The molecule has 0 fully saturated rings. The standard InChI is InChI=1S/C26H18O/c1-3-11-25-19-21(13-15-23(25)9-1)7-5-17-27-18-6-8-22-14-16-24-10-2-4-12-26(24)20-22/h1-4,9-16,19-20H,17-18H2. The van der Waals surface area contributed by atoms with Gasteiger partial charge in [0.15, 0.2) is 0 Å². The average molecular weight is 346 g/mol. The number of benzene rings is 4. The van der Waals surface area contributed by atoms with Crippen molar-refractivity contribution in [3.8, 4) is 23.7 Å². The van der Waals surface area contributed by atoms with Crippen LogP contribution >= 0.6 is 0 Å². The van der Waals surface area contributed by atoms with Crippen molar-refractivity contribution in [3.63, 3.8) is 0 Å². The van der Waals surface area contributed by atoms with Crippen LogP contribution in [0.1, 0.15) is 11.1 Å². The van der Waals surface area contributed by atoms with Gasteiger partial charge < -0.3 is 4.74 Å². The zero-order valence-electron chi connectivity index (χ0n) is 14.9. The summed E-state index contributed by atoms with van der Waals surface area (Å²) in [5.41, 5.74) is 2.00. The SMILES string of the molecule is C(#Cc1ccc2ccccc2c1)COCC#Cc1ccc2ccccc2c1. The van der Waals surface area contributed by atoms with Gasteiger partial charge in [0.2, 0.25) is 0 Å². The highest BCUT2D eigenvalue weighted by Crippen LogP contribution is 2.15. The van der Waals surface area contributed by atoms with Gasteiger partial charge >= 0.3 is 0 Å². The molecule has 1 nitrogen and oxygen atoms in total. The highest BCUT2D eigenvalue weighted by molar-refractivity contribution is 5.84. The van der Waals surface area contributed by atoms with Crippen molar-refractivity contribution in [2.24, 2.45) is 0 Å². The summed E-state index contributed by atoms with van der Waals surface area (Å²) in [4.78, 5) is 0. The minimum atomic E-state index is 0.374. The Morgan fingerprint density at radius 2 is 0.963 bits per heavy atom. The van der Waals surface area contributed by atoms with E-state index in [1.54, 1.807) is 0 Å². The van der Waals surface area contributed by atoms with Gasteiger partial charge in [-0.05, 0) is 45.8 Å². The van der Waals surface area contributed by atoms with Crippen LogP contribution in [0.4, 0.5) is 0 Å². The van der Waals surface area contributed by atoms with Gasteiger partial charge in [-0.25, -0.2) is 0 Å². The quantitative estimate of drug-likeness (QED) is 0.348. The number of hydrogen-bond acceptors (Lipinski definition) is 1. The molecule has 0 N–H and O–H groups in total. The summed E-state index contributed by atoms with van der Waals surface area (Å²) in [5.74, 6) is 12.4. The Labute approximate surface area is 159 Å². The highest BCUT2D eigenvalue weighted by atomic mass is 16.5. The highest BCUT2D eigenvalue weighted by Gasteiger charge is 1.93. The van der Waals surface area contributed by atoms with Crippen LogP contribution in [0.25, 0.3) is 21.5 Å². The molecule has 27 heavy (non-hydrogen) atoms. The fourth-order valence-electron chi connectivity index (χ4n) is 2.96. The van der Waals surface area contributed by atoms with Crippen molar-refractivity contribution >= 4 is 21.5 Å². The van der Waals surface area contributed by atoms with Crippen molar-refractivity contribution in [2.75, 3.05) is 13.2 Å². The minimum Gasteiger partial charge on any atom is -0.356 e. The van der Waals surface area contributed by atoms with Crippen LogP contribution in [0.2, 0.25) is 0 Å². The van der Waals surface area contributed by atoms with Crippen LogP contribution in [0.15, 0.2) is 84.9 Å². The number of rotatable bonds is 2. The fraction of sp³-hybridized carbons (Fsp3) is 0.0769. The van der Waals surface area contributed by atoms with E-state index in [1.807, 2.05) is 36.4 Å². The molecule has 0 saturated heterocycles. The lowest BCUT2D eigenvalue weighted by molar-refractivity contribution is 0.204. The van der Waals surface area contributed by atoms with E-state index in [2.05, 4.69) is 72.2 Å². The Balaban J connectivity index is 1.31. The fourth-order valence-corrected chi connectivity index (χ4v) is 2.96. The predicted molar refractivity (Wildman–Crippen MR) is 112 cm³/mol. The molecule has 128 valence electrons. The summed E-state index contributed by atoms with van der Waals surface area (Å²) >= 11 is 0. The summed E-state index contributed by atoms with van der Waals surface area (Å²) in [5, 5.41) is 4.85. The van der Waals surface area contributed by atoms with Gasteiger partial charge in [-0.2, -0.15) is 0 Å². The zero-order chi connectivity index (χ0) is 18.3. The molecular weight excluding hydrogens is 328 g/mol. The van der Waals surface area contributed by atoms with Crippen LogP contribution in [-0.2, 0) is 4.74 Å². The molecule has 1 heteroatoms. The third-order valence-electron chi connectivity index (χ3n) is 4.31. The summed E-state index contributed by atoms with van der Waals surface area (Å²) < 4.78 is 5.50. The van der Waals surface area contributed by atoms with Crippen LogP contribution in [-0.4, -0.2) is 13.2 Å². The summed E-state index contributed by atoms with van der Waals surface area (Å²) in [7, 11) is 0. The third kappa shape index (κ3) is 4.36.